The first-order valence-corrected chi connectivity index (χ1v) is 9.17. The van der Waals surface area contributed by atoms with Crippen molar-refractivity contribution in [2.75, 3.05) is 26.7 Å². The molecule has 0 bridgehead atoms. The molecule has 1 aliphatic rings. The number of carbonyl (C=O) groups excluding carboxylic acids is 1. The molecule has 0 saturated carbocycles. The molecule has 1 aliphatic heterocycles. The minimum Gasteiger partial charge on any atom is -0.485 e. The molecule has 1 saturated heterocycles. The zero-order valence-electron chi connectivity index (χ0n) is 15.8. The molecule has 8 heteroatoms. The monoisotopic (exact) mass is 394 g/mol. The summed E-state index contributed by atoms with van der Waals surface area (Å²) < 4.78 is 10.7. The largest absolute Gasteiger partial charge is 0.485 e. The number of nitrogens with one attached hydrogen (secondary N) is 1. The van der Waals surface area contributed by atoms with Crippen molar-refractivity contribution in [3.63, 3.8) is 0 Å². The highest BCUT2D eigenvalue weighted by Crippen LogP contribution is 2.20. The van der Waals surface area contributed by atoms with E-state index in [0.717, 1.165) is 26.1 Å². The van der Waals surface area contributed by atoms with Gasteiger partial charge in [-0.25, -0.2) is 0 Å². The van der Waals surface area contributed by atoms with Crippen LogP contribution in [0.5, 0.6) is 5.75 Å². The Labute approximate surface area is 165 Å². The van der Waals surface area contributed by atoms with Gasteiger partial charge in [0.1, 0.15) is 5.75 Å². The van der Waals surface area contributed by atoms with Crippen LogP contribution >= 0.6 is 12.4 Å². The Bertz CT molecular complexity index is 718. The van der Waals surface area contributed by atoms with E-state index < -0.39 is 0 Å². The van der Waals surface area contributed by atoms with Gasteiger partial charge >= 0.3 is 0 Å². The van der Waals surface area contributed by atoms with Crippen molar-refractivity contribution in [2.45, 2.75) is 32.8 Å². The van der Waals surface area contributed by atoms with Crippen molar-refractivity contribution < 1.29 is 14.1 Å². The van der Waals surface area contributed by atoms with Gasteiger partial charge in [-0.2, -0.15) is 4.98 Å². The van der Waals surface area contributed by atoms with E-state index >= 15 is 0 Å². The van der Waals surface area contributed by atoms with E-state index in [-0.39, 0.29) is 24.9 Å². The van der Waals surface area contributed by atoms with E-state index in [1.54, 1.807) is 0 Å². The van der Waals surface area contributed by atoms with Crippen LogP contribution in [0.3, 0.4) is 0 Å². The van der Waals surface area contributed by atoms with Crippen molar-refractivity contribution >= 4 is 18.3 Å². The lowest BCUT2D eigenvalue weighted by Crippen LogP contribution is -2.42. The maximum atomic E-state index is 12.7. The first-order valence-electron chi connectivity index (χ1n) is 9.17. The quantitative estimate of drug-likeness (QED) is 0.777. The summed E-state index contributed by atoms with van der Waals surface area (Å²) in [6, 6.07) is 7.24. The molecule has 0 radical (unpaired) electrons. The predicted octanol–water partition coefficient (Wildman–Crippen LogP) is 2.70. The zero-order chi connectivity index (χ0) is 18.4. The van der Waals surface area contributed by atoms with Gasteiger partial charge in [-0.15, -0.1) is 12.4 Å². The van der Waals surface area contributed by atoms with Gasteiger partial charge in [0.2, 0.25) is 11.7 Å². The van der Waals surface area contributed by atoms with Gasteiger partial charge in [0.05, 0.1) is 0 Å². The summed E-state index contributed by atoms with van der Waals surface area (Å²) in [6.07, 6.45) is 2.94. The SMILES string of the molecule is CCc1nc(COc2ccc(C(=O)N3CCCC(CNC)C3)cc2)no1.Cl. The third-order valence-electron chi connectivity index (χ3n) is 4.58. The Kier molecular flexibility index (Phi) is 8.06. The molecule has 1 aromatic carbocycles. The third kappa shape index (κ3) is 5.68. The number of likely N-dealkylation sites (tertiary alicyclic amines) is 1. The van der Waals surface area contributed by atoms with Crippen molar-refractivity contribution in [2.24, 2.45) is 5.92 Å². The van der Waals surface area contributed by atoms with E-state index in [1.807, 2.05) is 43.1 Å². The summed E-state index contributed by atoms with van der Waals surface area (Å²) in [5.41, 5.74) is 0.690. The average molecular weight is 395 g/mol. The fourth-order valence-corrected chi connectivity index (χ4v) is 3.22. The van der Waals surface area contributed by atoms with Crippen LogP contribution < -0.4 is 10.1 Å². The van der Waals surface area contributed by atoms with E-state index in [0.29, 0.717) is 35.4 Å². The number of aromatic nitrogens is 2. The number of amides is 1. The minimum absolute atomic E-state index is 0. The van der Waals surface area contributed by atoms with Crippen molar-refractivity contribution in [1.29, 1.82) is 0 Å². The highest BCUT2D eigenvalue weighted by atomic mass is 35.5. The minimum atomic E-state index is 0. The van der Waals surface area contributed by atoms with Gasteiger partial charge in [-0.1, -0.05) is 12.1 Å². The van der Waals surface area contributed by atoms with E-state index in [1.165, 1.54) is 6.42 Å². The molecule has 0 spiro atoms. The number of ether oxygens (including phenoxy) is 1. The Morgan fingerprint density at radius 2 is 2.15 bits per heavy atom. The molecule has 1 atom stereocenters. The molecule has 3 rings (SSSR count). The smallest absolute Gasteiger partial charge is 0.253 e. The van der Waals surface area contributed by atoms with Crippen molar-refractivity contribution in [1.82, 2.24) is 20.4 Å². The van der Waals surface area contributed by atoms with Crippen LogP contribution in [0.2, 0.25) is 0 Å². The van der Waals surface area contributed by atoms with Crippen LogP contribution in [-0.4, -0.2) is 47.6 Å². The number of halogens is 1. The van der Waals surface area contributed by atoms with Gasteiger partial charge in [0.25, 0.3) is 5.91 Å². The molecule has 27 heavy (non-hydrogen) atoms. The Morgan fingerprint density at radius 1 is 1.37 bits per heavy atom. The van der Waals surface area contributed by atoms with E-state index in [9.17, 15) is 4.79 Å². The lowest BCUT2D eigenvalue weighted by molar-refractivity contribution is 0.0674. The lowest BCUT2D eigenvalue weighted by atomic mass is 9.97. The molecule has 1 aromatic heterocycles. The number of rotatable bonds is 7. The van der Waals surface area contributed by atoms with Crippen LogP contribution in [0.1, 0.15) is 41.8 Å². The number of hydrogen-bond donors (Lipinski definition) is 1. The third-order valence-corrected chi connectivity index (χ3v) is 4.58. The van der Waals surface area contributed by atoms with Crippen molar-refractivity contribution in [3.8, 4) is 5.75 Å². The van der Waals surface area contributed by atoms with Crippen molar-refractivity contribution in [3.05, 3.63) is 41.5 Å². The van der Waals surface area contributed by atoms with Gasteiger partial charge in [0.15, 0.2) is 6.61 Å². The van der Waals surface area contributed by atoms with Gasteiger partial charge in [0, 0.05) is 25.1 Å². The second-order valence-corrected chi connectivity index (χ2v) is 6.59. The molecule has 2 heterocycles. The number of nitrogens with zero attached hydrogens (tertiary/aromatic N) is 3. The molecule has 148 valence electrons. The molecular formula is C19H27ClN4O3. The van der Waals surface area contributed by atoms with Crippen LogP contribution in [0.25, 0.3) is 0 Å². The summed E-state index contributed by atoms with van der Waals surface area (Å²) in [5, 5.41) is 7.06. The highest BCUT2D eigenvalue weighted by Gasteiger charge is 2.24. The normalized spacial score (nSPS) is 16.7. The van der Waals surface area contributed by atoms with Crippen LogP contribution in [0, 0.1) is 5.92 Å². The molecule has 1 unspecified atom stereocenters. The standard InChI is InChI=1S/C19H26N4O3.ClH/c1-3-18-21-17(22-26-18)13-25-16-8-6-15(7-9-16)19(24)23-10-4-5-14(12-23)11-20-2;/h6-9,14,20H,3-5,10-13H2,1-2H3;1H. The Hall–Kier alpha value is -2.12. The summed E-state index contributed by atoms with van der Waals surface area (Å²) in [4.78, 5) is 18.9. The molecule has 1 amide bonds. The average Bonchev–Trinajstić information content (AvgIpc) is 3.15. The molecule has 2 aromatic rings. The summed E-state index contributed by atoms with van der Waals surface area (Å²) in [6.45, 7) is 4.79. The lowest BCUT2D eigenvalue weighted by Gasteiger charge is -2.32. The predicted molar refractivity (Wildman–Crippen MR) is 104 cm³/mol. The second-order valence-electron chi connectivity index (χ2n) is 6.59. The Balaban J connectivity index is 0.00000261. The number of piperidine rings is 1. The molecule has 1 fully saturated rings. The second kappa shape index (κ2) is 10.3. The summed E-state index contributed by atoms with van der Waals surface area (Å²) >= 11 is 0. The van der Waals surface area contributed by atoms with Crippen LogP contribution in [-0.2, 0) is 13.0 Å². The first-order chi connectivity index (χ1) is 12.7. The molecular weight excluding hydrogens is 368 g/mol. The fraction of sp³-hybridized carbons (Fsp3) is 0.526. The molecule has 1 N–H and O–H groups in total. The fourth-order valence-electron chi connectivity index (χ4n) is 3.22. The molecule has 0 aliphatic carbocycles. The van der Waals surface area contributed by atoms with Gasteiger partial charge in [-0.3, -0.25) is 4.79 Å². The topological polar surface area (TPSA) is 80.5 Å². The highest BCUT2D eigenvalue weighted by molar-refractivity contribution is 5.94. The van der Waals surface area contributed by atoms with E-state index in [4.69, 9.17) is 9.26 Å². The van der Waals surface area contributed by atoms with Gasteiger partial charge < -0.3 is 19.5 Å². The maximum Gasteiger partial charge on any atom is 0.253 e. The Morgan fingerprint density at radius 3 is 2.81 bits per heavy atom. The summed E-state index contributed by atoms with van der Waals surface area (Å²) in [5.74, 6) is 2.41. The number of benzene rings is 1. The van der Waals surface area contributed by atoms with E-state index in [2.05, 4.69) is 15.5 Å². The number of hydrogen-bond acceptors (Lipinski definition) is 6. The number of carbonyl (C=O) groups is 1. The van der Waals surface area contributed by atoms with Crippen LogP contribution in [0.4, 0.5) is 0 Å². The zero-order valence-corrected chi connectivity index (χ0v) is 16.6. The van der Waals surface area contributed by atoms with Crippen LogP contribution in [0.15, 0.2) is 28.8 Å². The first kappa shape index (κ1) is 21.2. The maximum absolute atomic E-state index is 12.7. The molecule has 7 nitrogen and oxygen atoms in total. The summed E-state index contributed by atoms with van der Waals surface area (Å²) in [7, 11) is 1.96. The van der Waals surface area contributed by atoms with Gasteiger partial charge in [-0.05, 0) is 56.6 Å². The number of aryl methyl sites for hydroxylation is 1.